The van der Waals surface area contributed by atoms with Crippen LogP contribution in [-0.4, -0.2) is 22.3 Å². The SMILES string of the molecule is Cc1nn(C(=O)COc2ccc(Cl)cc2)c(C)c1Sc1ccccc1. The van der Waals surface area contributed by atoms with E-state index in [-0.39, 0.29) is 12.5 Å². The molecule has 4 nitrogen and oxygen atoms in total. The van der Waals surface area contributed by atoms with E-state index < -0.39 is 0 Å². The van der Waals surface area contributed by atoms with Gasteiger partial charge < -0.3 is 4.74 Å². The lowest BCUT2D eigenvalue weighted by Gasteiger charge is -2.07. The molecule has 0 aliphatic heterocycles. The van der Waals surface area contributed by atoms with Gasteiger partial charge in [0.15, 0.2) is 6.61 Å². The van der Waals surface area contributed by atoms with Crippen LogP contribution in [0.3, 0.4) is 0 Å². The van der Waals surface area contributed by atoms with Crippen molar-refractivity contribution in [2.45, 2.75) is 23.6 Å². The van der Waals surface area contributed by atoms with Gasteiger partial charge in [-0.1, -0.05) is 41.6 Å². The van der Waals surface area contributed by atoms with Crippen LogP contribution >= 0.6 is 23.4 Å². The maximum Gasteiger partial charge on any atom is 0.285 e. The van der Waals surface area contributed by atoms with Crippen molar-refractivity contribution in [1.82, 2.24) is 9.78 Å². The van der Waals surface area contributed by atoms with E-state index in [0.717, 1.165) is 21.2 Å². The van der Waals surface area contributed by atoms with Gasteiger partial charge in [-0.2, -0.15) is 5.10 Å². The largest absolute Gasteiger partial charge is 0.484 e. The Hall–Kier alpha value is -2.24. The molecule has 3 aromatic rings. The summed E-state index contributed by atoms with van der Waals surface area (Å²) in [4.78, 5) is 14.6. The molecular weight excluding hydrogens is 356 g/mol. The molecule has 2 aromatic carbocycles. The van der Waals surface area contributed by atoms with Gasteiger partial charge in [0.2, 0.25) is 0 Å². The van der Waals surface area contributed by atoms with E-state index in [4.69, 9.17) is 16.3 Å². The zero-order chi connectivity index (χ0) is 17.8. The van der Waals surface area contributed by atoms with E-state index in [0.29, 0.717) is 10.8 Å². The molecule has 0 saturated heterocycles. The third kappa shape index (κ3) is 4.24. The Morgan fingerprint density at radius 3 is 2.48 bits per heavy atom. The topological polar surface area (TPSA) is 44.1 Å². The number of rotatable bonds is 5. The number of hydrogen-bond donors (Lipinski definition) is 0. The first-order chi connectivity index (χ1) is 12.0. The summed E-state index contributed by atoms with van der Waals surface area (Å²) >= 11 is 7.44. The van der Waals surface area contributed by atoms with Crippen molar-refractivity contribution in [2.75, 3.05) is 6.61 Å². The summed E-state index contributed by atoms with van der Waals surface area (Å²) in [5, 5.41) is 5.00. The van der Waals surface area contributed by atoms with Gasteiger partial charge in [-0.3, -0.25) is 4.79 Å². The van der Waals surface area contributed by atoms with Crippen LogP contribution in [0.5, 0.6) is 5.75 Å². The van der Waals surface area contributed by atoms with Crippen LogP contribution in [0, 0.1) is 13.8 Å². The lowest BCUT2D eigenvalue weighted by molar-refractivity contribution is 0.0818. The number of nitrogens with zero attached hydrogens (tertiary/aromatic N) is 2. The highest BCUT2D eigenvalue weighted by atomic mass is 35.5. The molecule has 0 spiro atoms. The Balaban J connectivity index is 1.72. The molecule has 0 unspecified atom stereocenters. The summed E-state index contributed by atoms with van der Waals surface area (Å²) in [6, 6.07) is 16.9. The Morgan fingerprint density at radius 1 is 1.12 bits per heavy atom. The molecule has 25 heavy (non-hydrogen) atoms. The highest BCUT2D eigenvalue weighted by Crippen LogP contribution is 2.32. The van der Waals surface area contributed by atoms with E-state index in [9.17, 15) is 4.79 Å². The molecule has 0 fully saturated rings. The van der Waals surface area contributed by atoms with Crippen LogP contribution in [0.1, 0.15) is 16.2 Å². The normalized spacial score (nSPS) is 10.7. The molecule has 128 valence electrons. The number of aromatic nitrogens is 2. The molecule has 0 atom stereocenters. The maximum atomic E-state index is 12.5. The van der Waals surface area contributed by atoms with Crippen LogP contribution in [0.15, 0.2) is 64.4 Å². The molecule has 0 aliphatic rings. The molecule has 1 aromatic heterocycles. The van der Waals surface area contributed by atoms with Crippen molar-refractivity contribution in [3.8, 4) is 5.75 Å². The van der Waals surface area contributed by atoms with Crippen molar-refractivity contribution in [2.24, 2.45) is 0 Å². The molecule has 0 N–H and O–H groups in total. The van der Waals surface area contributed by atoms with E-state index in [1.54, 1.807) is 36.0 Å². The maximum absolute atomic E-state index is 12.5. The second-order valence-corrected chi connectivity index (χ2v) is 6.98. The molecule has 1 heterocycles. The zero-order valence-corrected chi connectivity index (χ0v) is 15.5. The number of hydrogen-bond acceptors (Lipinski definition) is 4. The fourth-order valence-corrected chi connectivity index (χ4v) is 3.44. The van der Waals surface area contributed by atoms with Crippen LogP contribution in [0.25, 0.3) is 0 Å². The highest BCUT2D eigenvalue weighted by molar-refractivity contribution is 7.99. The fourth-order valence-electron chi connectivity index (χ4n) is 2.36. The minimum absolute atomic E-state index is 0.0843. The van der Waals surface area contributed by atoms with Crippen LogP contribution < -0.4 is 4.74 Å². The minimum atomic E-state index is -0.213. The average molecular weight is 373 g/mol. The second kappa shape index (κ2) is 7.76. The summed E-state index contributed by atoms with van der Waals surface area (Å²) in [7, 11) is 0. The number of aryl methyl sites for hydroxylation is 1. The van der Waals surface area contributed by atoms with Gasteiger partial charge >= 0.3 is 0 Å². The van der Waals surface area contributed by atoms with Crippen molar-refractivity contribution < 1.29 is 9.53 Å². The predicted molar refractivity (Wildman–Crippen MR) is 99.8 cm³/mol. The van der Waals surface area contributed by atoms with E-state index >= 15 is 0 Å². The Kier molecular flexibility index (Phi) is 5.46. The molecule has 0 aliphatic carbocycles. The third-order valence-electron chi connectivity index (χ3n) is 3.60. The van der Waals surface area contributed by atoms with Gasteiger partial charge in [0.25, 0.3) is 5.91 Å². The first-order valence-corrected chi connectivity index (χ1v) is 8.95. The monoisotopic (exact) mass is 372 g/mol. The lowest BCUT2D eigenvalue weighted by atomic mass is 10.3. The predicted octanol–water partition coefficient (Wildman–Crippen LogP) is 5.02. The van der Waals surface area contributed by atoms with Gasteiger partial charge in [0.05, 0.1) is 16.3 Å². The number of benzene rings is 2. The van der Waals surface area contributed by atoms with Crippen molar-refractivity contribution in [3.63, 3.8) is 0 Å². The Morgan fingerprint density at radius 2 is 1.80 bits per heavy atom. The minimum Gasteiger partial charge on any atom is -0.484 e. The van der Waals surface area contributed by atoms with Gasteiger partial charge in [0, 0.05) is 9.92 Å². The van der Waals surface area contributed by atoms with Crippen molar-refractivity contribution in [3.05, 3.63) is 71.0 Å². The lowest BCUT2D eigenvalue weighted by Crippen LogP contribution is -2.21. The quantitative estimate of drug-likeness (QED) is 0.630. The molecular formula is C19H17ClN2O2S. The first-order valence-electron chi connectivity index (χ1n) is 7.75. The molecule has 3 rings (SSSR count). The van der Waals surface area contributed by atoms with Crippen molar-refractivity contribution in [1.29, 1.82) is 0 Å². The molecule has 0 radical (unpaired) electrons. The van der Waals surface area contributed by atoms with Crippen LogP contribution in [-0.2, 0) is 0 Å². The molecule has 0 bridgehead atoms. The van der Waals surface area contributed by atoms with Gasteiger partial charge in [0.1, 0.15) is 5.75 Å². The summed E-state index contributed by atoms with van der Waals surface area (Å²) in [6.07, 6.45) is 0. The number of halogens is 1. The average Bonchev–Trinajstić information content (AvgIpc) is 2.90. The van der Waals surface area contributed by atoms with E-state index in [1.807, 2.05) is 44.2 Å². The van der Waals surface area contributed by atoms with E-state index in [1.165, 1.54) is 4.68 Å². The zero-order valence-electron chi connectivity index (χ0n) is 13.9. The van der Waals surface area contributed by atoms with Crippen LogP contribution in [0.4, 0.5) is 0 Å². The number of carbonyl (C=O) groups excluding carboxylic acids is 1. The van der Waals surface area contributed by atoms with Crippen LogP contribution in [0.2, 0.25) is 5.02 Å². The standard InChI is InChI=1S/C19H17ClN2O2S/c1-13-19(25-17-6-4-3-5-7-17)14(2)22(21-13)18(23)12-24-16-10-8-15(20)9-11-16/h3-11H,12H2,1-2H3. The van der Waals surface area contributed by atoms with Gasteiger partial charge in [-0.05, 0) is 50.2 Å². The van der Waals surface area contributed by atoms with Gasteiger partial charge in [-0.15, -0.1) is 0 Å². The summed E-state index contributed by atoms with van der Waals surface area (Å²) < 4.78 is 6.94. The number of ether oxygens (including phenoxy) is 1. The summed E-state index contributed by atoms with van der Waals surface area (Å²) in [6.45, 7) is 3.71. The number of carbonyl (C=O) groups is 1. The Bertz CT molecular complexity index is 876. The second-order valence-electron chi connectivity index (χ2n) is 5.46. The smallest absolute Gasteiger partial charge is 0.285 e. The Labute approximate surface area is 155 Å². The van der Waals surface area contributed by atoms with Gasteiger partial charge in [-0.25, -0.2) is 4.68 Å². The first kappa shape index (κ1) is 17.6. The fraction of sp³-hybridized carbons (Fsp3) is 0.158. The molecule has 0 amide bonds. The highest BCUT2D eigenvalue weighted by Gasteiger charge is 2.18. The van der Waals surface area contributed by atoms with E-state index in [2.05, 4.69) is 5.10 Å². The molecule has 6 heteroatoms. The summed E-state index contributed by atoms with van der Waals surface area (Å²) in [5.74, 6) is 0.383. The van der Waals surface area contributed by atoms with Crippen molar-refractivity contribution >= 4 is 29.3 Å². The summed E-state index contributed by atoms with van der Waals surface area (Å²) in [5.41, 5.74) is 1.64. The molecule has 0 saturated carbocycles. The third-order valence-corrected chi connectivity index (χ3v) is 5.16.